The molecule has 0 amide bonds. The molecule has 1 fully saturated rings. The Balaban J connectivity index is 2.26. The topological polar surface area (TPSA) is 0 Å². The molecule has 0 bridgehead atoms. The quantitative estimate of drug-likeness (QED) is 0.450. The molecule has 0 N–H and O–H groups in total. The number of thioether (sulfide) groups is 1. The monoisotopic (exact) mass is 326 g/mol. The number of hydrogen-bond acceptors (Lipinski definition) is 1. The summed E-state index contributed by atoms with van der Waals surface area (Å²) in [7, 11) is 0. The smallest absolute Gasteiger partial charge is 0.160 e. The van der Waals surface area contributed by atoms with Crippen LogP contribution < -0.4 is 0 Å². The van der Waals surface area contributed by atoms with Crippen LogP contribution in [-0.4, -0.2) is 5.51 Å². The number of rotatable bonds is 2. The highest BCUT2D eigenvalue weighted by Crippen LogP contribution is 2.39. The number of alkyl halides is 3. The number of benzene rings is 1. The average Bonchev–Trinajstić information content (AvgIpc) is 2.45. The molecule has 0 saturated heterocycles. The maximum absolute atomic E-state index is 12.8. The van der Waals surface area contributed by atoms with Gasteiger partial charge in [-0.1, -0.05) is 51.0 Å². The molecule has 0 atom stereocenters. The molecule has 4 heteroatoms. The highest BCUT2D eigenvalue weighted by molar-refractivity contribution is 8.00. The van der Waals surface area contributed by atoms with E-state index in [-0.39, 0.29) is 22.6 Å². The number of halogens is 3. The van der Waals surface area contributed by atoms with Crippen molar-refractivity contribution in [2.45, 2.75) is 62.3 Å². The molecule has 1 aliphatic rings. The molecule has 0 spiro atoms. The predicted molar refractivity (Wildman–Crippen MR) is 85.9 cm³/mol. The van der Waals surface area contributed by atoms with Crippen LogP contribution in [0.15, 0.2) is 23.1 Å². The standard InChI is InChI=1S/C18H21F3S/c1-13(2)16-11-10-15(17(12-16)22-18(19,20)21)9-8-14-6-4-3-5-7-14/h10-14H,3-7H2,1-2H3. The lowest BCUT2D eigenvalue weighted by atomic mass is 9.89. The van der Waals surface area contributed by atoms with Crippen molar-refractivity contribution in [1.82, 2.24) is 0 Å². The Morgan fingerprint density at radius 2 is 1.82 bits per heavy atom. The van der Waals surface area contributed by atoms with Gasteiger partial charge in [0.15, 0.2) is 0 Å². The maximum atomic E-state index is 12.8. The molecule has 2 rings (SSSR count). The maximum Gasteiger partial charge on any atom is 0.446 e. The fourth-order valence-corrected chi connectivity index (χ4v) is 3.31. The second-order valence-electron chi connectivity index (χ2n) is 6.06. The average molecular weight is 326 g/mol. The number of hydrogen-bond donors (Lipinski definition) is 0. The summed E-state index contributed by atoms with van der Waals surface area (Å²) >= 11 is -0.0570. The van der Waals surface area contributed by atoms with Crippen LogP contribution in [0.1, 0.15) is 63.0 Å². The summed E-state index contributed by atoms with van der Waals surface area (Å²) in [6.45, 7) is 3.95. The second-order valence-corrected chi connectivity index (χ2v) is 7.17. The molecule has 0 heterocycles. The van der Waals surface area contributed by atoms with Gasteiger partial charge in [-0.25, -0.2) is 0 Å². The van der Waals surface area contributed by atoms with Crippen LogP contribution in [0.3, 0.4) is 0 Å². The SMILES string of the molecule is CC(C)c1ccc(C#CC2CCCCC2)c(SC(F)(F)F)c1. The van der Waals surface area contributed by atoms with E-state index < -0.39 is 5.51 Å². The molecule has 0 radical (unpaired) electrons. The lowest BCUT2D eigenvalue weighted by Gasteiger charge is -2.16. The molecule has 0 aromatic heterocycles. The van der Waals surface area contributed by atoms with Gasteiger partial charge in [-0.2, -0.15) is 13.2 Å². The normalized spacial score (nSPS) is 16.5. The zero-order chi connectivity index (χ0) is 16.2. The minimum atomic E-state index is -4.28. The van der Waals surface area contributed by atoms with E-state index in [1.165, 1.54) is 19.3 Å². The Hall–Kier alpha value is -1.08. The van der Waals surface area contributed by atoms with Crippen molar-refractivity contribution in [1.29, 1.82) is 0 Å². The van der Waals surface area contributed by atoms with Crippen LogP contribution in [-0.2, 0) is 0 Å². The van der Waals surface area contributed by atoms with E-state index in [0.29, 0.717) is 11.5 Å². The largest absolute Gasteiger partial charge is 0.446 e. The summed E-state index contributed by atoms with van der Waals surface area (Å²) in [6.07, 6.45) is 5.74. The highest BCUT2D eigenvalue weighted by Gasteiger charge is 2.30. The van der Waals surface area contributed by atoms with Crippen molar-refractivity contribution in [2.75, 3.05) is 0 Å². The van der Waals surface area contributed by atoms with Crippen LogP contribution in [0.4, 0.5) is 13.2 Å². The zero-order valence-electron chi connectivity index (χ0n) is 13.0. The first-order valence-corrected chi connectivity index (χ1v) is 8.58. The van der Waals surface area contributed by atoms with Gasteiger partial charge in [-0.05, 0) is 48.2 Å². The molecule has 0 unspecified atom stereocenters. The zero-order valence-corrected chi connectivity index (χ0v) is 13.8. The van der Waals surface area contributed by atoms with Crippen molar-refractivity contribution in [3.63, 3.8) is 0 Å². The summed E-state index contributed by atoms with van der Waals surface area (Å²) in [5, 5.41) is 0. The summed E-state index contributed by atoms with van der Waals surface area (Å²) in [5.41, 5.74) is -2.87. The van der Waals surface area contributed by atoms with Crippen LogP contribution in [0.25, 0.3) is 0 Å². The van der Waals surface area contributed by atoms with E-state index >= 15 is 0 Å². The Labute approximate surface area is 134 Å². The lowest BCUT2D eigenvalue weighted by Crippen LogP contribution is -2.04. The van der Waals surface area contributed by atoms with Gasteiger partial charge in [-0.15, -0.1) is 0 Å². The van der Waals surface area contributed by atoms with E-state index in [9.17, 15) is 13.2 Å². The summed E-state index contributed by atoms with van der Waals surface area (Å²) < 4.78 is 38.3. The van der Waals surface area contributed by atoms with Gasteiger partial charge in [0.1, 0.15) is 0 Å². The predicted octanol–water partition coefficient (Wildman–Crippen LogP) is 6.35. The molecular formula is C18H21F3S. The fraction of sp³-hybridized carbons (Fsp3) is 0.556. The first-order valence-electron chi connectivity index (χ1n) is 7.76. The van der Waals surface area contributed by atoms with Crippen molar-refractivity contribution < 1.29 is 13.2 Å². The van der Waals surface area contributed by atoms with Crippen molar-refractivity contribution >= 4 is 11.8 Å². The van der Waals surface area contributed by atoms with E-state index in [1.807, 2.05) is 19.9 Å². The first-order chi connectivity index (χ1) is 10.3. The third-order valence-electron chi connectivity index (χ3n) is 3.91. The minimum Gasteiger partial charge on any atom is -0.160 e. The Kier molecular flexibility index (Phi) is 5.86. The highest BCUT2D eigenvalue weighted by atomic mass is 32.2. The molecule has 1 aromatic carbocycles. The van der Waals surface area contributed by atoms with Crippen molar-refractivity contribution in [2.24, 2.45) is 5.92 Å². The van der Waals surface area contributed by atoms with Crippen molar-refractivity contribution in [3.05, 3.63) is 29.3 Å². The van der Waals surface area contributed by atoms with Crippen LogP contribution in [0, 0.1) is 17.8 Å². The van der Waals surface area contributed by atoms with E-state index in [0.717, 1.165) is 18.4 Å². The third-order valence-corrected chi connectivity index (χ3v) is 4.70. The van der Waals surface area contributed by atoms with E-state index in [4.69, 9.17) is 0 Å². The molecule has 1 saturated carbocycles. The molecular weight excluding hydrogens is 305 g/mol. The molecule has 120 valence electrons. The molecule has 1 aromatic rings. The van der Waals surface area contributed by atoms with Gasteiger partial charge < -0.3 is 0 Å². The van der Waals surface area contributed by atoms with Crippen molar-refractivity contribution in [3.8, 4) is 11.8 Å². The Morgan fingerprint density at radius 3 is 2.41 bits per heavy atom. The van der Waals surface area contributed by atoms with Gasteiger partial charge in [-0.3, -0.25) is 0 Å². The van der Waals surface area contributed by atoms with Gasteiger partial charge in [0.25, 0.3) is 0 Å². The van der Waals surface area contributed by atoms with Gasteiger partial charge in [0.2, 0.25) is 0 Å². The van der Waals surface area contributed by atoms with Crippen LogP contribution >= 0.6 is 11.8 Å². The second kappa shape index (κ2) is 7.46. The van der Waals surface area contributed by atoms with Crippen LogP contribution in [0.5, 0.6) is 0 Å². The lowest BCUT2D eigenvalue weighted by molar-refractivity contribution is -0.0328. The summed E-state index contributed by atoms with van der Waals surface area (Å²) in [6, 6.07) is 5.25. The van der Waals surface area contributed by atoms with E-state index in [1.54, 1.807) is 12.1 Å². The molecule has 0 nitrogen and oxygen atoms in total. The third kappa shape index (κ3) is 5.28. The summed E-state index contributed by atoms with van der Waals surface area (Å²) in [4.78, 5) is 0.224. The van der Waals surface area contributed by atoms with Gasteiger partial charge >= 0.3 is 5.51 Å². The Bertz CT molecular complexity index is 558. The molecule has 22 heavy (non-hydrogen) atoms. The fourth-order valence-electron chi connectivity index (χ4n) is 2.64. The first kappa shape index (κ1) is 17.3. The summed E-state index contributed by atoms with van der Waals surface area (Å²) in [5.74, 6) is 6.72. The Morgan fingerprint density at radius 1 is 1.14 bits per heavy atom. The van der Waals surface area contributed by atoms with Gasteiger partial charge in [0, 0.05) is 16.4 Å². The van der Waals surface area contributed by atoms with Crippen LogP contribution in [0.2, 0.25) is 0 Å². The molecule has 0 aliphatic heterocycles. The molecule has 1 aliphatic carbocycles. The van der Waals surface area contributed by atoms with E-state index in [2.05, 4.69) is 11.8 Å². The minimum absolute atomic E-state index is 0.0570. The van der Waals surface area contributed by atoms with Gasteiger partial charge in [0.05, 0.1) is 0 Å².